The van der Waals surface area contributed by atoms with Gasteiger partial charge in [0.1, 0.15) is 0 Å². The topological polar surface area (TPSA) is 66.8 Å². The maximum absolute atomic E-state index is 10.9. The molecule has 76 valence electrons. The summed E-state index contributed by atoms with van der Waals surface area (Å²) in [5.74, 6) is -0.618. The molecule has 0 bridgehead atoms. The van der Waals surface area contributed by atoms with Gasteiger partial charge in [-0.2, -0.15) is 9.79 Å². The maximum atomic E-state index is 10.9. The molecule has 0 aromatic heterocycles. The minimum Gasteiger partial charge on any atom is -0.247 e. The monoisotopic (exact) mass is 215 g/mol. The third-order valence-electron chi connectivity index (χ3n) is 1.61. The first-order valence-electron chi connectivity index (χ1n) is 4.19. The molecule has 0 radical (unpaired) electrons. The highest BCUT2D eigenvalue weighted by Gasteiger charge is 2.42. The van der Waals surface area contributed by atoms with E-state index in [1.165, 1.54) is 12.1 Å². The summed E-state index contributed by atoms with van der Waals surface area (Å²) < 4.78 is 4.56. The Balaban J connectivity index is 2.80. The van der Waals surface area contributed by atoms with E-state index in [4.69, 9.17) is 0 Å². The van der Waals surface area contributed by atoms with Crippen molar-refractivity contribution in [2.75, 3.05) is 0 Å². The molecule has 0 unspecified atom stereocenters. The van der Waals surface area contributed by atoms with Gasteiger partial charge in [-0.05, 0) is 12.1 Å². The third kappa shape index (κ3) is 2.77. The van der Waals surface area contributed by atoms with Crippen molar-refractivity contribution in [3.63, 3.8) is 0 Å². The SMILES string of the molecule is CCC(=O)O[P+](O)(O)c1ccccc1. The Morgan fingerprint density at radius 1 is 1.36 bits per heavy atom. The fraction of sp³-hybridized carbons (Fsp3) is 0.222. The van der Waals surface area contributed by atoms with Crippen LogP contribution in [0.15, 0.2) is 30.3 Å². The molecule has 0 saturated carbocycles. The Morgan fingerprint density at radius 3 is 2.43 bits per heavy atom. The molecule has 0 saturated heterocycles. The Bertz CT molecular complexity index is 310. The quantitative estimate of drug-likeness (QED) is 0.738. The number of rotatable bonds is 3. The van der Waals surface area contributed by atoms with Crippen LogP contribution in [0.2, 0.25) is 0 Å². The summed E-state index contributed by atoms with van der Waals surface area (Å²) >= 11 is 0. The van der Waals surface area contributed by atoms with Crippen LogP contribution in [0.3, 0.4) is 0 Å². The van der Waals surface area contributed by atoms with Crippen LogP contribution >= 0.6 is 7.94 Å². The van der Waals surface area contributed by atoms with Gasteiger partial charge < -0.3 is 0 Å². The minimum absolute atomic E-state index is 0.121. The lowest BCUT2D eigenvalue weighted by molar-refractivity contribution is -0.134. The third-order valence-corrected chi connectivity index (χ3v) is 3.04. The first-order chi connectivity index (χ1) is 6.56. The molecule has 2 N–H and O–H groups in total. The molecule has 4 nitrogen and oxygen atoms in total. The van der Waals surface area contributed by atoms with Crippen molar-refractivity contribution < 1.29 is 19.1 Å². The highest BCUT2D eigenvalue weighted by Crippen LogP contribution is 2.49. The van der Waals surface area contributed by atoms with Crippen LogP contribution in [0, 0.1) is 0 Å². The summed E-state index contributed by atoms with van der Waals surface area (Å²) in [5, 5.41) is 0.238. The zero-order valence-electron chi connectivity index (χ0n) is 7.75. The molecular weight excluding hydrogens is 203 g/mol. The molecule has 14 heavy (non-hydrogen) atoms. The van der Waals surface area contributed by atoms with Crippen LogP contribution < -0.4 is 5.30 Å². The van der Waals surface area contributed by atoms with Crippen LogP contribution in [0.1, 0.15) is 13.3 Å². The first kappa shape index (κ1) is 11.1. The van der Waals surface area contributed by atoms with E-state index in [0.29, 0.717) is 0 Å². The van der Waals surface area contributed by atoms with Gasteiger partial charge in [-0.15, -0.1) is 0 Å². The van der Waals surface area contributed by atoms with Crippen molar-refractivity contribution in [3.05, 3.63) is 30.3 Å². The lowest BCUT2D eigenvalue weighted by Crippen LogP contribution is -2.15. The molecule has 0 amide bonds. The van der Waals surface area contributed by atoms with Crippen LogP contribution in [0.25, 0.3) is 0 Å². The van der Waals surface area contributed by atoms with Gasteiger partial charge in [-0.25, -0.2) is 9.32 Å². The van der Waals surface area contributed by atoms with Crippen LogP contribution in [-0.4, -0.2) is 15.8 Å². The second-order valence-corrected chi connectivity index (χ2v) is 4.48. The Hall–Kier alpha value is -0.960. The zero-order valence-corrected chi connectivity index (χ0v) is 8.65. The Labute approximate surface area is 82.7 Å². The lowest BCUT2D eigenvalue weighted by atomic mass is 10.4. The summed E-state index contributed by atoms with van der Waals surface area (Å²) in [5.41, 5.74) is 0. The number of carbonyl (C=O) groups excluding carboxylic acids is 1. The molecule has 5 heteroatoms. The number of benzene rings is 1. The molecule has 0 aliphatic heterocycles. The Kier molecular flexibility index (Phi) is 3.58. The molecule has 0 atom stereocenters. The van der Waals surface area contributed by atoms with E-state index in [9.17, 15) is 14.6 Å². The number of hydrogen-bond acceptors (Lipinski definition) is 4. The minimum atomic E-state index is -3.72. The maximum Gasteiger partial charge on any atom is 0.492 e. The normalized spacial score (nSPS) is 11.1. The van der Waals surface area contributed by atoms with E-state index >= 15 is 0 Å². The van der Waals surface area contributed by atoms with Crippen LogP contribution in [0.4, 0.5) is 0 Å². The van der Waals surface area contributed by atoms with Crippen LogP contribution in [0.5, 0.6) is 0 Å². The van der Waals surface area contributed by atoms with E-state index < -0.39 is 13.9 Å². The van der Waals surface area contributed by atoms with Gasteiger partial charge in [0.05, 0.1) is 0 Å². The van der Waals surface area contributed by atoms with Gasteiger partial charge in [0, 0.05) is 6.42 Å². The fourth-order valence-corrected chi connectivity index (χ4v) is 1.96. The van der Waals surface area contributed by atoms with Gasteiger partial charge in [-0.1, -0.05) is 25.1 Å². The van der Waals surface area contributed by atoms with Crippen LogP contribution in [-0.2, 0) is 9.32 Å². The van der Waals surface area contributed by atoms with E-state index in [-0.39, 0.29) is 11.7 Å². The number of hydrogen-bond donors (Lipinski definition) is 2. The summed E-state index contributed by atoms with van der Waals surface area (Å²) in [7, 11) is -3.72. The highest BCUT2D eigenvalue weighted by atomic mass is 31.2. The summed E-state index contributed by atoms with van der Waals surface area (Å²) in [6, 6.07) is 8.06. The van der Waals surface area contributed by atoms with E-state index in [0.717, 1.165) is 0 Å². The first-order valence-corrected chi connectivity index (χ1v) is 5.80. The second-order valence-electron chi connectivity index (χ2n) is 2.70. The largest absolute Gasteiger partial charge is 0.492 e. The van der Waals surface area contributed by atoms with Gasteiger partial charge in [0.25, 0.3) is 0 Å². The van der Waals surface area contributed by atoms with E-state index in [2.05, 4.69) is 4.52 Å². The van der Waals surface area contributed by atoms with Crippen molar-refractivity contribution in [3.8, 4) is 0 Å². The standard InChI is InChI=1S/C9H12O4P/c1-2-9(10)13-14(11,12)8-6-4-3-5-7-8/h3-7,11-12H,2H2,1H3/q+1. The van der Waals surface area contributed by atoms with Gasteiger partial charge in [0.2, 0.25) is 0 Å². The fourth-order valence-electron chi connectivity index (χ4n) is 0.881. The predicted molar refractivity (Wildman–Crippen MR) is 53.8 cm³/mol. The molecule has 0 heterocycles. The molecule has 1 aromatic carbocycles. The molecule has 1 aromatic rings. The van der Waals surface area contributed by atoms with E-state index in [1.807, 2.05) is 0 Å². The highest BCUT2D eigenvalue weighted by molar-refractivity contribution is 7.68. The lowest BCUT2D eigenvalue weighted by Gasteiger charge is -2.08. The molecule has 0 aliphatic carbocycles. The van der Waals surface area contributed by atoms with Crippen molar-refractivity contribution in [1.82, 2.24) is 0 Å². The second kappa shape index (κ2) is 4.51. The molecule has 0 aliphatic rings. The van der Waals surface area contributed by atoms with Gasteiger partial charge >= 0.3 is 13.9 Å². The average Bonchev–Trinajstić information content (AvgIpc) is 2.18. The molecule has 0 spiro atoms. The van der Waals surface area contributed by atoms with Gasteiger partial charge in [0.15, 0.2) is 5.30 Å². The zero-order chi connectivity index (χ0) is 10.6. The predicted octanol–water partition coefficient (Wildman–Crippen LogP) is 1.01. The Morgan fingerprint density at radius 2 is 1.93 bits per heavy atom. The van der Waals surface area contributed by atoms with Crippen molar-refractivity contribution in [1.29, 1.82) is 0 Å². The van der Waals surface area contributed by atoms with Crippen molar-refractivity contribution >= 4 is 19.2 Å². The van der Waals surface area contributed by atoms with Gasteiger partial charge in [-0.3, -0.25) is 0 Å². The van der Waals surface area contributed by atoms with Crippen molar-refractivity contribution in [2.24, 2.45) is 0 Å². The number of carbonyl (C=O) groups is 1. The smallest absolute Gasteiger partial charge is 0.247 e. The summed E-state index contributed by atoms with van der Waals surface area (Å²) in [6.07, 6.45) is 0.121. The summed E-state index contributed by atoms with van der Waals surface area (Å²) in [6.45, 7) is 1.59. The molecular formula is C9H12O4P+. The molecule has 1 rings (SSSR count). The average molecular weight is 215 g/mol. The summed E-state index contributed by atoms with van der Waals surface area (Å²) in [4.78, 5) is 29.9. The van der Waals surface area contributed by atoms with Crippen molar-refractivity contribution in [2.45, 2.75) is 13.3 Å². The van der Waals surface area contributed by atoms with E-state index in [1.54, 1.807) is 25.1 Å². The molecule has 0 fully saturated rings.